The number of hydrogen-bond acceptors (Lipinski definition) is 4. The number of hydrogen-bond donors (Lipinski definition) is 0. The molecule has 0 saturated carbocycles. The first kappa shape index (κ1) is 27.4. The molecular formula is C37H28N5Pt-3. The molecule has 3 aromatic heterocycles. The molecule has 5 nitrogen and oxygen atoms in total. The zero-order chi connectivity index (χ0) is 28.4. The van der Waals surface area contributed by atoms with Crippen LogP contribution >= 0.6 is 0 Å². The van der Waals surface area contributed by atoms with E-state index in [9.17, 15) is 0 Å². The fourth-order valence-corrected chi connectivity index (χ4v) is 6.63. The number of rotatable bonds is 4. The van der Waals surface area contributed by atoms with Crippen LogP contribution in [0.5, 0.6) is 0 Å². The number of pyridine rings is 2. The van der Waals surface area contributed by atoms with Gasteiger partial charge in [0.2, 0.25) is 0 Å². The zero-order valence-electron chi connectivity index (χ0n) is 24.0. The maximum atomic E-state index is 5.03. The molecule has 214 valence electrons. The smallest absolute Gasteiger partial charge is 0.0802 e. The molecule has 0 fully saturated rings. The van der Waals surface area contributed by atoms with E-state index < -0.39 is 5.41 Å². The molecule has 43 heavy (non-hydrogen) atoms. The Morgan fingerprint density at radius 2 is 1.49 bits per heavy atom. The van der Waals surface area contributed by atoms with Crippen LogP contribution in [-0.4, -0.2) is 26.3 Å². The van der Waals surface area contributed by atoms with Crippen molar-refractivity contribution in [1.29, 1.82) is 0 Å². The van der Waals surface area contributed by atoms with Crippen LogP contribution < -0.4 is 4.90 Å². The van der Waals surface area contributed by atoms with E-state index in [1.54, 1.807) is 0 Å². The van der Waals surface area contributed by atoms with Gasteiger partial charge in [-0.05, 0) is 73.0 Å². The third-order valence-corrected chi connectivity index (χ3v) is 8.62. The monoisotopic (exact) mass is 737 g/mol. The van der Waals surface area contributed by atoms with Crippen molar-refractivity contribution in [2.75, 3.05) is 11.9 Å². The van der Waals surface area contributed by atoms with E-state index in [4.69, 9.17) is 9.97 Å². The van der Waals surface area contributed by atoms with Gasteiger partial charge in [-0.15, -0.1) is 22.9 Å². The number of nitrogens with zero attached hydrogens (tertiary/aromatic N) is 5. The van der Waals surface area contributed by atoms with Crippen molar-refractivity contribution < 1.29 is 21.1 Å². The first-order valence-electron chi connectivity index (χ1n) is 14.2. The molecule has 6 heteroatoms. The van der Waals surface area contributed by atoms with Crippen LogP contribution in [0.15, 0.2) is 110 Å². The van der Waals surface area contributed by atoms with Crippen molar-refractivity contribution in [2.24, 2.45) is 0 Å². The van der Waals surface area contributed by atoms with E-state index in [0.29, 0.717) is 0 Å². The van der Waals surface area contributed by atoms with Gasteiger partial charge < -0.3 is 19.2 Å². The van der Waals surface area contributed by atoms with Gasteiger partial charge in [0.25, 0.3) is 0 Å². The maximum Gasteiger partial charge on any atom is 0.0802 e. The second-order valence-electron chi connectivity index (χ2n) is 11.0. The van der Waals surface area contributed by atoms with Crippen LogP contribution in [0.3, 0.4) is 0 Å². The van der Waals surface area contributed by atoms with E-state index >= 15 is 0 Å². The van der Waals surface area contributed by atoms with Gasteiger partial charge in [0.1, 0.15) is 0 Å². The largest absolute Gasteiger partial charge is 0.510 e. The van der Waals surface area contributed by atoms with Gasteiger partial charge in [-0.25, -0.2) is 4.98 Å². The normalized spacial score (nSPS) is 14.6. The summed E-state index contributed by atoms with van der Waals surface area (Å²) in [7, 11) is 2.03. The average Bonchev–Trinajstić information content (AvgIpc) is 3.69. The predicted molar refractivity (Wildman–Crippen MR) is 167 cm³/mol. The summed E-state index contributed by atoms with van der Waals surface area (Å²) < 4.78 is 2.18. The molecular weight excluding hydrogens is 710 g/mol. The molecule has 3 aromatic carbocycles. The van der Waals surface area contributed by atoms with Gasteiger partial charge in [0, 0.05) is 38.4 Å². The van der Waals surface area contributed by atoms with Crippen LogP contribution in [-0.2, 0) is 26.5 Å². The summed E-state index contributed by atoms with van der Waals surface area (Å²) in [5, 5.41) is 0. The summed E-state index contributed by atoms with van der Waals surface area (Å²) in [4.78, 5) is 13.9. The Balaban J connectivity index is 0.00000300. The molecule has 0 saturated heterocycles. The van der Waals surface area contributed by atoms with E-state index in [2.05, 4.69) is 121 Å². The van der Waals surface area contributed by atoms with Gasteiger partial charge in [-0.1, -0.05) is 60.7 Å². The maximum absolute atomic E-state index is 5.03. The summed E-state index contributed by atoms with van der Waals surface area (Å²) >= 11 is 0. The van der Waals surface area contributed by atoms with E-state index in [1.165, 1.54) is 22.3 Å². The third kappa shape index (κ3) is 4.02. The molecule has 0 radical (unpaired) electrons. The van der Waals surface area contributed by atoms with E-state index in [0.717, 1.165) is 45.2 Å². The van der Waals surface area contributed by atoms with Crippen molar-refractivity contribution >= 4 is 11.3 Å². The SMILES string of the molecule is Cc1nc2cc(C3(c4[c-]c(N5C=CN(C)[CH-]5)ccc4)c4ccccc4-c4ccccc43)[c-]c(-c3ccccn3)n2c1C.[Pt]. The van der Waals surface area contributed by atoms with Crippen LogP contribution in [0.1, 0.15) is 33.6 Å². The van der Waals surface area contributed by atoms with Crippen LogP contribution in [0.25, 0.3) is 28.2 Å². The summed E-state index contributed by atoms with van der Waals surface area (Å²) in [6, 6.07) is 39.9. The van der Waals surface area contributed by atoms with Crippen LogP contribution in [0.4, 0.5) is 5.69 Å². The Bertz CT molecular complexity index is 1980. The van der Waals surface area contributed by atoms with Gasteiger partial charge in [0.05, 0.1) is 11.3 Å². The molecule has 0 unspecified atom stereocenters. The zero-order valence-corrected chi connectivity index (χ0v) is 26.3. The molecule has 0 bridgehead atoms. The molecule has 2 aliphatic rings. The van der Waals surface area contributed by atoms with Gasteiger partial charge >= 0.3 is 0 Å². The number of imidazole rings is 1. The predicted octanol–water partition coefficient (Wildman–Crippen LogP) is 7.32. The van der Waals surface area contributed by atoms with Crippen molar-refractivity contribution in [2.45, 2.75) is 19.3 Å². The van der Waals surface area contributed by atoms with Crippen molar-refractivity contribution in [3.8, 4) is 22.5 Å². The minimum atomic E-state index is -0.669. The molecule has 0 N–H and O–H groups in total. The van der Waals surface area contributed by atoms with Crippen molar-refractivity contribution in [3.63, 3.8) is 0 Å². The minimum absolute atomic E-state index is 0. The molecule has 0 spiro atoms. The Hall–Kier alpha value is -4.47. The minimum Gasteiger partial charge on any atom is -0.510 e. The first-order valence-corrected chi connectivity index (χ1v) is 14.2. The summed E-state index contributed by atoms with van der Waals surface area (Å²) in [5.74, 6) is 0. The Morgan fingerprint density at radius 1 is 0.767 bits per heavy atom. The van der Waals surface area contributed by atoms with Crippen LogP contribution in [0.2, 0.25) is 0 Å². The summed E-state index contributed by atoms with van der Waals surface area (Å²) in [6.07, 6.45) is 5.94. The summed E-state index contributed by atoms with van der Waals surface area (Å²) in [5.41, 5.74) is 12.0. The Morgan fingerprint density at radius 3 is 2.16 bits per heavy atom. The molecule has 4 heterocycles. The second-order valence-corrected chi connectivity index (χ2v) is 11.0. The van der Waals surface area contributed by atoms with Gasteiger partial charge in [-0.3, -0.25) is 0 Å². The number of aromatic nitrogens is 3. The summed E-state index contributed by atoms with van der Waals surface area (Å²) in [6.45, 7) is 6.24. The van der Waals surface area contributed by atoms with E-state index in [-0.39, 0.29) is 21.1 Å². The number of benzene rings is 3. The fourth-order valence-electron chi connectivity index (χ4n) is 6.63. The Labute approximate surface area is 266 Å². The number of aryl methyl sites for hydroxylation is 2. The number of fused-ring (bicyclic) bond motifs is 4. The standard InChI is InChI=1S/C37H28N5.Pt/c1-25-26(2)42-35(34-17-8-9-18-38-34)22-28(23-36(42)39-25)37(27-11-10-12-29(21-27)41-20-19-40(3)24-41)32-15-6-4-13-30(32)31-14-5-7-16-33(31)37;/h4-20,23-24H,1-3H3;/q-3;. The van der Waals surface area contributed by atoms with Gasteiger partial charge in [-0.2, -0.15) is 37.0 Å². The van der Waals surface area contributed by atoms with Crippen molar-refractivity contribution in [3.05, 3.63) is 162 Å². The molecule has 0 amide bonds. The Kier molecular flexibility index (Phi) is 6.59. The first-order chi connectivity index (χ1) is 20.6. The van der Waals surface area contributed by atoms with Crippen molar-refractivity contribution in [1.82, 2.24) is 19.3 Å². The van der Waals surface area contributed by atoms with E-state index in [1.807, 2.05) is 42.5 Å². The third-order valence-electron chi connectivity index (χ3n) is 8.62. The molecule has 0 atom stereocenters. The van der Waals surface area contributed by atoms with Gasteiger partial charge in [0.15, 0.2) is 0 Å². The molecule has 8 rings (SSSR count). The topological polar surface area (TPSA) is 36.7 Å². The average molecular weight is 738 g/mol. The molecule has 1 aliphatic heterocycles. The molecule has 1 aliphatic carbocycles. The molecule has 6 aromatic rings. The quantitative estimate of drug-likeness (QED) is 0.178. The fraction of sp³-hybridized carbons (Fsp3) is 0.108. The number of anilines is 1. The second kappa shape index (κ2) is 10.4. The van der Waals surface area contributed by atoms with Crippen LogP contribution in [0, 0.1) is 32.6 Å².